The van der Waals surface area contributed by atoms with Crippen LogP contribution in [0.25, 0.3) is 0 Å². The van der Waals surface area contributed by atoms with Crippen LogP contribution in [0.3, 0.4) is 0 Å². The first-order chi connectivity index (χ1) is 7.16. The van der Waals surface area contributed by atoms with Crippen molar-refractivity contribution in [2.45, 2.75) is 6.42 Å². The average molecular weight is 210 g/mol. The number of aromatic nitrogens is 1. The second kappa shape index (κ2) is 5.26. The van der Waals surface area contributed by atoms with Crippen molar-refractivity contribution >= 4 is 11.5 Å². The average Bonchev–Trinajstić information content (AvgIpc) is 2.25. The van der Waals surface area contributed by atoms with Gasteiger partial charge < -0.3 is 10.6 Å². The van der Waals surface area contributed by atoms with Crippen LogP contribution in [0.4, 0.5) is 11.5 Å². The van der Waals surface area contributed by atoms with Crippen LogP contribution in [0.1, 0.15) is 6.42 Å². The molecule has 0 aliphatic heterocycles. The van der Waals surface area contributed by atoms with Gasteiger partial charge in [-0.2, -0.15) is 0 Å². The molecule has 0 saturated carbocycles. The highest BCUT2D eigenvalue weighted by Gasteiger charge is 2.16. The standard InChI is InChI=1S/C9H14N4O2/c1-12(7-3-5-10)9-8(13(14)15)4-2-6-11-9/h2,4,6H,3,5,7,10H2,1H3. The van der Waals surface area contributed by atoms with Crippen LogP contribution in [0.5, 0.6) is 0 Å². The Hall–Kier alpha value is -1.69. The second-order valence-corrected chi connectivity index (χ2v) is 3.17. The smallest absolute Gasteiger partial charge is 0.311 e. The Morgan fingerprint density at radius 1 is 1.67 bits per heavy atom. The summed E-state index contributed by atoms with van der Waals surface area (Å²) in [6.07, 6.45) is 2.32. The van der Waals surface area contributed by atoms with E-state index in [2.05, 4.69) is 4.98 Å². The minimum atomic E-state index is -0.429. The molecule has 82 valence electrons. The molecule has 0 spiro atoms. The van der Waals surface area contributed by atoms with E-state index in [9.17, 15) is 10.1 Å². The number of nitrogens with two attached hydrogens (primary N) is 1. The summed E-state index contributed by atoms with van der Waals surface area (Å²) in [6, 6.07) is 3.00. The van der Waals surface area contributed by atoms with Gasteiger partial charge in [0.15, 0.2) is 0 Å². The van der Waals surface area contributed by atoms with E-state index in [1.54, 1.807) is 24.2 Å². The topological polar surface area (TPSA) is 85.3 Å². The predicted octanol–water partition coefficient (Wildman–Crippen LogP) is 0.775. The van der Waals surface area contributed by atoms with Gasteiger partial charge in [-0.05, 0) is 19.0 Å². The van der Waals surface area contributed by atoms with Crippen LogP contribution < -0.4 is 10.6 Å². The summed E-state index contributed by atoms with van der Waals surface area (Å²) in [4.78, 5) is 16.0. The molecule has 0 radical (unpaired) electrons. The summed E-state index contributed by atoms with van der Waals surface area (Å²) in [5, 5.41) is 10.7. The van der Waals surface area contributed by atoms with Crippen LogP contribution in [-0.4, -0.2) is 30.0 Å². The Morgan fingerprint density at radius 2 is 2.40 bits per heavy atom. The zero-order chi connectivity index (χ0) is 11.3. The molecule has 1 aromatic heterocycles. The first-order valence-corrected chi connectivity index (χ1v) is 4.67. The number of hydrogen-bond acceptors (Lipinski definition) is 5. The first-order valence-electron chi connectivity index (χ1n) is 4.67. The van der Waals surface area contributed by atoms with E-state index in [1.807, 2.05) is 0 Å². The summed E-state index contributed by atoms with van der Waals surface area (Å²) >= 11 is 0. The lowest BCUT2D eigenvalue weighted by molar-refractivity contribution is -0.384. The molecule has 6 heteroatoms. The molecule has 1 rings (SSSR count). The molecule has 0 saturated heterocycles. The van der Waals surface area contributed by atoms with E-state index in [4.69, 9.17) is 5.73 Å². The zero-order valence-corrected chi connectivity index (χ0v) is 8.59. The van der Waals surface area contributed by atoms with Crippen LogP contribution in [0.2, 0.25) is 0 Å². The largest absolute Gasteiger partial charge is 0.354 e. The van der Waals surface area contributed by atoms with Gasteiger partial charge in [-0.15, -0.1) is 0 Å². The van der Waals surface area contributed by atoms with Crippen molar-refractivity contribution in [2.75, 3.05) is 25.0 Å². The lowest BCUT2D eigenvalue weighted by Gasteiger charge is -2.16. The molecule has 0 aromatic carbocycles. The Morgan fingerprint density at radius 3 is 3.00 bits per heavy atom. The van der Waals surface area contributed by atoms with E-state index in [1.165, 1.54) is 6.07 Å². The van der Waals surface area contributed by atoms with Gasteiger partial charge in [0.05, 0.1) is 4.92 Å². The summed E-state index contributed by atoms with van der Waals surface area (Å²) in [5.74, 6) is 0.385. The monoisotopic (exact) mass is 210 g/mol. The molecule has 0 aliphatic rings. The minimum Gasteiger partial charge on any atom is -0.354 e. The molecule has 2 N–H and O–H groups in total. The molecule has 1 aromatic rings. The van der Waals surface area contributed by atoms with Gasteiger partial charge in [0.2, 0.25) is 5.82 Å². The van der Waals surface area contributed by atoms with E-state index in [0.29, 0.717) is 18.9 Å². The molecular weight excluding hydrogens is 196 g/mol. The van der Waals surface area contributed by atoms with Gasteiger partial charge in [-0.1, -0.05) is 0 Å². The fourth-order valence-electron chi connectivity index (χ4n) is 1.26. The van der Waals surface area contributed by atoms with Gasteiger partial charge in [0.25, 0.3) is 0 Å². The van der Waals surface area contributed by atoms with Gasteiger partial charge in [-0.3, -0.25) is 10.1 Å². The van der Waals surface area contributed by atoms with E-state index in [0.717, 1.165) is 6.42 Å². The number of pyridine rings is 1. The van der Waals surface area contributed by atoms with Crippen molar-refractivity contribution in [3.8, 4) is 0 Å². The number of anilines is 1. The molecule has 0 atom stereocenters. The van der Waals surface area contributed by atoms with E-state index >= 15 is 0 Å². The molecule has 0 unspecified atom stereocenters. The third-order valence-corrected chi connectivity index (χ3v) is 2.02. The molecule has 0 aliphatic carbocycles. The van der Waals surface area contributed by atoms with Gasteiger partial charge >= 0.3 is 5.69 Å². The van der Waals surface area contributed by atoms with Crippen LogP contribution in [0, 0.1) is 10.1 Å². The van der Waals surface area contributed by atoms with Crippen molar-refractivity contribution in [2.24, 2.45) is 5.73 Å². The maximum Gasteiger partial charge on any atom is 0.311 e. The summed E-state index contributed by atoms with van der Waals surface area (Å²) in [7, 11) is 1.77. The number of hydrogen-bond donors (Lipinski definition) is 1. The molecular formula is C9H14N4O2. The number of nitrogens with zero attached hydrogens (tertiary/aromatic N) is 3. The maximum atomic E-state index is 10.7. The second-order valence-electron chi connectivity index (χ2n) is 3.17. The van der Waals surface area contributed by atoms with Crippen LogP contribution >= 0.6 is 0 Å². The zero-order valence-electron chi connectivity index (χ0n) is 8.59. The van der Waals surface area contributed by atoms with Gasteiger partial charge in [0, 0.05) is 25.9 Å². The van der Waals surface area contributed by atoms with Crippen molar-refractivity contribution in [1.29, 1.82) is 0 Å². The van der Waals surface area contributed by atoms with E-state index < -0.39 is 4.92 Å². The Bertz CT molecular complexity index is 343. The summed E-state index contributed by atoms with van der Waals surface area (Å²) < 4.78 is 0. The minimum absolute atomic E-state index is 0.0250. The molecule has 0 bridgehead atoms. The van der Waals surface area contributed by atoms with Crippen LogP contribution in [0.15, 0.2) is 18.3 Å². The highest BCUT2D eigenvalue weighted by molar-refractivity contribution is 5.56. The van der Waals surface area contributed by atoms with Crippen molar-refractivity contribution < 1.29 is 4.92 Å². The molecule has 0 fully saturated rings. The first kappa shape index (κ1) is 11.4. The Labute approximate surface area is 87.9 Å². The summed E-state index contributed by atoms with van der Waals surface area (Å²) in [6.45, 7) is 1.22. The third-order valence-electron chi connectivity index (χ3n) is 2.02. The third kappa shape index (κ3) is 2.88. The van der Waals surface area contributed by atoms with E-state index in [-0.39, 0.29) is 5.69 Å². The normalized spacial score (nSPS) is 10.0. The summed E-state index contributed by atoms with van der Waals surface area (Å²) in [5.41, 5.74) is 5.40. The van der Waals surface area contributed by atoms with Gasteiger partial charge in [0.1, 0.15) is 0 Å². The fraction of sp³-hybridized carbons (Fsp3) is 0.444. The lowest BCUT2D eigenvalue weighted by Crippen LogP contribution is -2.22. The SMILES string of the molecule is CN(CCCN)c1ncccc1[N+](=O)[O-]. The highest BCUT2D eigenvalue weighted by Crippen LogP contribution is 2.23. The quantitative estimate of drug-likeness (QED) is 0.573. The van der Waals surface area contributed by atoms with Crippen molar-refractivity contribution in [3.05, 3.63) is 28.4 Å². The Balaban J connectivity index is 2.87. The highest BCUT2D eigenvalue weighted by atomic mass is 16.6. The van der Waals surface area contributed by atoms with Crippen LogP contribution in [-0.2, 0) is 0 Å². The van der Waals surface area contributed by atoms with Crippen molar-refractivity contribution in [3.63, 3.8) is 0 Å². The lowest BCUT2D eigenvalue weighted by atomic mass is 10.3. The van der Waals surface area contributed by atoms with Gasteiger partial charge in [-0.25, -0.2) is 4.98 Å². The predicted molar refractivity (Wildman–Crippen MR) is 57.8 cm³/mol. The number of rotatable bonds is 5. The molecule has 0 amide bonds. The number of nitro groups is 1. The molecule has 1 heterocycles. The Kier molecular flexibility index (Phi) is 3.99. The molecule has 6 nitrogen and oxygen atoms in total. The van der Waals surface area contributed by atoms with Crippen molar-refractivity contribution in [1.82, 2.24) is 4.98 Å². The fourth-order valence-corrected chi connectivity index (χ4v) is 1.26. The molecule has 15 heavy (non-hydrogen) atoms. The maximum absolute atomic E-state index is 10.7.